The number of rotatable bonds is 5. The summed E-state index contributed by atoms with van der Waals surface area (Å²) in [5.41, 5.74) is 2.46. The number of aromatic nitrogens is 3. The molecular weight excluding hydrogens is 296 g/mol. The number of carbonyl (C=O) groups is 1. The Morgan fingerprint density at radius 2 is 2.23 bits per heavy atom. The Balaban J connectivity index is 1.88. The minimum absolute atomic E-state index is 0.0566. The molecule has 0 saturated heterocycles. The molecule has 0 bridgehead atoms. The van der Waals surface area contributed by atoms with Gasteiger partial charge in [0.2, 0.25) is 10.1 Å². The van der Waals surface area contributed by atoms with Gasteiger partial charge in [0.25, 0.3) is 0 Å². The number of Topliss-reactive ketones (excluding diaryl/α,β-unsaturated/α-hetero) is 1. The Labute approximate surface area is 133 Å². The van der Waals surface area contributed by atoms with Gasteiger partial charge in [-0.25, -0.2) is 9.50 Å². The van der Waals surface area contributed by atoms with Crippen LogP contribution in [0.15, 0.2) is 30.5 Å². The summed E-state index contributed by atoms with van der Waals surface area (Å²) in [5, 5.41) is 8.66. The molecule has 0 amide bonds. The van der Waals surface area contributed by atoms with Gasteiger partial charge in [0.05, 0.1) is 11.9 Å². The molecule has 3 aromatic rings. The van der Waals surface area contributed by atoms with Gasteiger partial charge in [0.15, 0.2) is 5.78 Å². The number of fused-ring (bicyclic) bond motifs is 1. The highest BCUT2D eigenvalue weighted by Gasteiger charge is 2.11. The van der Waals surface area contributed by atoms with Gasteiger partial charge in [-0.05, 0) is 18.9 Å². The zero-order valence-corrected chi connectivity index (χ0v) is 13.6. The molecule has 114 valence electrons. The third-order valence-corrected chi connectivity index (χ3v) is 4.15. The van der Waals surface area contributed by atoms with Crippen molar-refractivity contribution in [2.75, 3.05) is 11.9 Å². The molecule has 0 fully saturated rings. The molecule has 5 nitrogen and oxygen atoms in total. The van der Waals surface area contributed by atoms with Crippen LogP contribution < -0.4 is 5.32 Å². The van der Waals surface area contributed by atoms with E-state index in [0.29, 0.717) is 11.5 Å². The summed E-state index contributed by atoms with van der Waals surface area (Å²) < 4.78 is 1.78. The number of nitrogens with one attached hydrogen (secondary N) is 1. The maximum atomic E-state index is 11.5. The lowest BCUT2D eigenvalue weighted by molar-refractivity contribution is 0.101. The van der Waals surface area contributed by atoms with Crippen molar-refractivity contribution in [2.24, 2.45) is 5.92 Å². The summed E-state index contributed by atoms with van der Waals surface area (Å²) in [6, 6.07) is 7.52. The number of nitrogens with zero attached hydrogens (tertiary/aromatic N) is 3. The molecule has 0 unspecified atom stereocenters. The van der Waals surface area contributed by atoms with E-state index < -0.39 is 0 Å². The summed E-state index contributed by atoms with van der Waals surface area (Å²) >= 11 is 1.53. The summed E-state index contributed by atoms with van der Waals surface area (Å²) in [4.78, 5) is 16.9. The number of imidazole rings is 1. The lowest BCUT2D eigenvalue weighted by Gasteiger charge is -2.03. The van der Waals surface area contributed by atoms with Crippen molar-refractivity contribution in [3.05, 3.63) is 36.0 Å². The van der Waals surface area contributed by atoms with E-state index in [1.54, 1.807) is 11.4 Å². The van der Waals surface area contributed by atoms with E-state index in [4.69, 9.17) is 0 Å². The van der Waals surface area contributed by atoms with Gasteiger partial charge in [-0.2, -0.15) is 0 Å². The quantitative estimate of drug-likeness (QED) is 0.729. The van der Waals surface area contributed by atoms with Gasteiger partial charge in [0, 0.05) is 17.7 Å². The van der Waals surface area contributed by atoms with E-state index in [1.807, 2.05) is 30.5 Å². The molecule has 2 aromatic heterocycles. The minimum Gasteiger partial charge on any atom is -0.360 e. The van der Waals surface area contributed by atoms with Gasteiger partial charge in [-0.3, -0.25) is 4.79 Å². The van der Waals surface area contributed by atoms with Crippen LogP contribution in [0.4, 0.5) is 5.13 Å². The zero-order valence-electron chi connectivity index (χ0n) is 12.8. The number of anilines is 1. The molecule has 0 aliphatic heterocycles. The largest absolute Gasteiger partial charge is 0.360 e. The third-order valence-electron chi connectivity index (χ3n) is 3.27. The lowest BCUT2D eigenvalue weighted by Crippen LogP contribution is -2.07. The number of hydrogen-bond donors (Lipinski definition) is 1. The van der Waals surface area contributed by atoms with Crippen molar-refractivity contribution in [1.82, 2.24) is 14.6 Å². The van der Waals surface area contributed by atoms with Gasteiger partial charge < -0.3 is 5.32 Å². The van der Waals surface area contributed by atoms with E-state index in [0.717, 1.165) is 27.9 Å². The standard InChI is InChI=1S/C16H18N4OS/c1-10(2)8-17-15-19-20-9-14(18-16(20)22-15)13-6-4-5-12(7-13)11(3)21/h4-7,9-10H,8H2,1-3H3,(H,17,19). The minimum atomic E-state index is 0.0566. The average molecular weight is 314 g/mol. The Bertz CT molecular complexity index is 787. The molecule has 1 N–H and O–H groups in total. The summed E-state index contributed by atoms with van der Waals surface area (Å²) in [6.07, 6.45) is 1.89. The molecule has 3 rings (SSSR count). The predicted octanol–water partition coefficient (Wildman–Crippen LogP) is 3.73. The maximum Gasteiger partial charge on any atom is 0.214 e. The summed E-state index contributed by atoms with van der Waals surface area (Å²) in [7, 11) is 0. The number of carbonyl (C=O) groups excluding carboxylic acids is 1. The molecule has 2 heterocycles. The number of hydrogen-bond acceptors (Lipinski definition) is 5. The Morgan fingerprint density at radius 1 is 1.41 bits per heavy atom. The molecule has 0 atom stereocenters. The van der Waals surface area contributed by atoms with Crippen LogP contribution in [0.3, 0.4) is 0 Å². The molecule has 0 aliphatic carbocycles. The molecule has 6 heteroatoms. The SMILES string of the molecule is CC(=O)c1cccc(-c2cn3nc(NCC(C)C)sc3n2)c1. The molecular formula is C16H18N4OS. The maximum absolute atomic E-state index is 11.5. The van der Waals surface area contributed by atoms with Crippen LogP contribution >= 0.6 is 11.3 Å². The second-order valence-electron chi connectivity index (χ2n) is 5.67. The monoisotopic (exact) mass is 314 g/mol. The van der Waals surface area contributed by atoms with Crippen molar-refractivity contribution in [3.63, 3.8) is 0 Å². The fourth-order valence-corrected chi connectivity index (χ4v) is 2.89. The van der Waals surface area contributed by atoms with Crippen LogP contribution in [0.1, 0.15) is 31.1 Å². The number of benzene rings is 1. The topological polar surface area (TPSA) is 59.3 Å². The summed E-state index contributed by atoms with van der Waals surface area (Å²) in [5.74, 6) is 0.627. The Hall–Kier alpha value is -2.21. The lowest BCUT2D eigenvalue weighted by atomic mass is 10.1. The Morgan fingerprint density at radius 3 is 2.91 bits per heavy atom. The normalized spacial score (nSPS) is 11.3. The fourth-order valence-electron chi connectivity index (χ4n) is 2.10. The second kappa shape index (κ2) is 5.88. The van der Waals surface area contributed by atoms with Crippen molar-refractivity contribution < 1.29 is 4.79 Å². The van der Waals surface area contributed by atoms with Gasteiger partial charge in [-0.15, -0.1) is 5.10 Å². The Kier molecular flexibility index (Phi) is 3.94. The van der Waals surface area contributed by atoms with Gasteiger partial charge >= 0.3 is 0 Å². The fraction of sp³-hybridized carbons (Fsp3) is 0.312. The molecule has 0 aliphatic rings. The van der Waals surface area contributed by atoms with Crippen molar-refractivity contribution in [2.45, 2.75) is 20.8 Å². The van der Waals surface area contributed by atoms with Gasteiger partial charge in [0.1, 0.15) is 0 Å². The highest BCUT2D eigenvalue weighted by atomic mass is 32.1. The van der Waals surface area contributed by atoms with Crippen molar-refractivity contribution in [1.29, 1.82) is 0 Å². The van der Waals surface area contributed by atoms with Crippen molar-refractivity contribution >= 4 is 27.2 Å². The molecule has 0 radical (unpaired) electrons. The molecule has 0 spiro atoms. The van der Waals surface area contributed by atoms with E-state index >= 15 is 0 Å². The molecule has 22 heavy (non-hydrogen) atoms. The van der Waals surface area contributed by atoms with Crippen LogP contribution in [0, 0.1) is 5.92 Å². The van der Waals surface area contributed by atoms with Crippen LogP contribution in [-0.2, 0) is 0 Å². The van der Waals surface area contributed by atoms with E-state index in [9.17, 15) is 4.79 Å². The van der Waals surface area contributed by atoms with Crippen LogP contribution in [0.5, 0.6) is 0 Å². The average Bonchev–Trinajstić information content (AvgIpc) is 3.03. The second-order valence-corrected chi connectivity index (χ2v) is 6.63. The van der Waals surface area contributed by atoms with Crippen LogP contribution in [-0.4, -0.2) is 26.9 Å². The predicted molar refractivity (Wildman–Crippen MR) is 89.6 cm³/mol. The van der Waals surface area contributed by atoms with E-state index in [-0.39, 0.29) is 5.78 Å². The first kappa shape index (κ1) is 14.7. The van der Waals surface area contributed by atoms with Gasteiger partial charge in [-0.1, -0.05) is 43.4 Å². The first-order valence-electron chi connectivity index (χ1n) is 7.24. The van der Waals surface area contributed by atoms with Crippen LogP contribution in [0.2, 0.25) is 0 Å². The summed E-state index contributed by atoms with van der Waals surface area (Å²) in [6.45, 7) is 6.78. The first-order chi connectivity index (χ1) is 10.5. The van der Waals surface area contributed by atoms with Crippen LogP contribution in [0.25, 0.3) is 16.2 Å². The third kappa shape index (κ3) is 3.01. The smallest absolute Gasteiger partial charge is 0.214 e. The molecule has 0 saturated carbocycles. The highest BCUT2D eigenvalue weighted by Crippen LogP contribution is 2.25. The van der Waals surface area contributed by atoms with Crippen molar-refractivity contribution in [3.8, 4) is 11.3 Å². The molecule has 1 aromatic carbocycles. The highest BCUT2D eigenvalue weighted by molar-refractivity contribution is 7.20. The number of ketones is 1. The first-order valence-corrected chi connectivity index (χ1v) is 8.06. The van der Waals surface area contributed by atoms with E-state index in [1.165, 1.54) is 11.3 Å². The van der Waals surface area contributed by atoms with E-state index in [2.05, 4.69) is 29.2 Å². The zero-order chi connectivity index (χ0) is 15.7.